The molecule has 0 aliphatic carbocycles. The maximum Gasteiger partial charge on any atom is 0.329 e. The zero-order chi connectivity index (χ0) is 37.9. The zero-order valence-electron chi connectivity index (χ0n) is 31.4. The van der Waals surface area contributed by atoms with Gasteiger partial charge in [-0.15, -0.1) is 0 Å². The number of rotatable bonds is 10. The Bertz CT molecular complexity index is 2310. The number of para-hydroxylation sites is 2. The van der Waals surface area contributed by atoms with E-state index in [1.807, 2.05) is 73.0 Å². The van der Waals surface area contributed by atoms with Crippen LogP contribution >= 0.6 is 0 Å². The van der Waals surface area contributed by atoms with Crippen molar-refractivity contribution in [3.8, 4) is 0 Å². The first-order valence-corrected chi connectivity index (χ1v) is 21.8. The van der Waals surface area contributed by atoms with Gasteiger partial charge in [0.1, 0.15) is 0 Å². The Morgan fingerprint density at radius 1 is 0.904 bits per heavy atom. The van der Waals surface area contributed by atoms with Gasteiger partial charge >= 0.3 is 11.9 Å². The van der Waals surface area contributed by atoms with Crippen LogP contribution in [-0.2, 0) is 50.9 Å². The van der Waals surface area contributed by atoms with E-state index in [0.717, 1.165) is 27.4 Å². The number of aromatic nitrogens is 2. The predicted octanol–water partition coefficient (Wildman–Crippen LogP) is 8.12. The predicted molar refractivity (Wildman–Crippen MR) is 208 cm³/mol. The molecule has 1 aliphatic rings. The van der Waals surface area contributed by atoms with Crippen molar-refractivity contribution in [2.24, 2.45) is 0 Å². The van der Waals surface area contributed by atoms with Crippen LogP contribution in [0.3, 0.4) is 0 Å². The molecule has 3 heterocycles. The minimum absolute atomic E-state index is 0.00164. The summed E-state index contributed by atoms with van der Waals surface area (Å²) in [5, 5.41) is 1.64. The topological polar surface area (TPSA) is 106 Å². The van der Waals surface area contributed by atoms with Gasteiger partial charge in [0.15, 0.2) is 8.32 Å². The summed E-state index contributed by atoms with van der Waals surface area (Å²) >= 11 is 0. The van der Waals surface area contributed by atoms with E-state index in [2.05, 4.69) is 33.9 Å². The molecule has 0 bridgehead atoms. The summed E-state index contributed by atoms with van der Waals surface area (Å²) in [5.41, 5.74) is 1.26. The molecule has 6 rings (SSSR count). The third-order valence-electron chi connectivity index (χ3n) is 11.1. The zero-order valence-corrected chi connectivity index (χ0v) is 33.3. The van der Waals surface area contributed by atoms with Crippen molar-refractivity contribution in [3.63, 3.8) is 0 Å². The summed E-state index contributed by atoms with van der Waals surface area (Å²) in [6.45, 7) is 15.2. The lowest BCUT2D eigenvalue weighted by Gasteiger charge is -2.36. The van der Waals surface area contributed by atoms with E-state index in [1.54, 1.807) is 36.4 Å². The van der Waals surface area contributed by atoms with Crippen molar-refractivity contribution in [2.45, 2.75) is 81.4 Å². The maximum absolute atomic E-state index is 14.3. The molecule has 0 saturated carbocycles. The van der Waals surface area contributed by atoms with E-state index in [9.17, 15) is 18.0 Å². The van der Waals surface area contributed by atoms with Gasteiger partial charge in [0.25, 0.3) is 10.0 Å². The number of nitrogens with zero attached hydrogens (tertiary/aromatic N) is 2. The number of hydrogen-bond donors (Lipinski definition) is 0. The van der Waals surface area contributed by atoms with Gasteiger partial charge in [-0.25, -0.2) is 12.4 Å². The van der Waals surface area contributed by atoms with Crippen LogP contribution in [0.1, 0.15) is 56.6 Å². The second kappa shape index (κ2) is 13.2. The van der Waals surface area contributed by atoms with Crippen molar-refractivity contribution < 1.29 is 31.9 Å². The number of carbonyl (C=O) groups excluding carboxylic acids is 2. The van der Waals surface area contributed by atoms with E-state index in [0.29, 0.717) is 29.9 Å². The molecule has 0 radical (unpaired) electrons. The Kier molecular flexibility index (Phi) is 9.47. The van der Waals surface area contributed by atoms with E-state index < -0.39 is 41.2 Å². The standard InChI is InChI=1S/C41H48N2O7SSi/c1-28-18-20-31(21-19-28)51(46,47)43-30(26-29-14-10-12-16-34(29)43)22-24-40(5)27-41(37(44)48-6,38(45)49-7)36-33(23-25-50-52(8,9)39(2,3)4)32-15-11-13-17-35(32)42(36)40/h10-22,24,26H,23,25,27H2,1-9H3/b24-22+. The molecule has 9 nitrogen and oxygen atoms in total. The second-order valence-electron chi connectivity index (χ2n) is 15.5. The molecule has 0 saturated heterocycles. The van der Waals surface area contributed by atoms with E-state index in [1.165, 1.54) is 18.2 Å². The summed E-state index contributed by atoms with van der Waals surface area (Å²) in [4.78, 5) is 28.3. The molecule has 0 N–H and O–H groups in total. The fraction of sp³-hybridized carbons (Fsp3) is 0.366. The number of aryl methyl sites for hydroxylation is 1. The molecule has 274 valence electrons. The molecule has 2 aromatic heterocycles. The Balaban J connectivity index is 1.56. The number of methoxy groups -OCH3 is 2. The first-order chi connectivity index (χ1) is 24.4. The lowest BCUT2D eigenvalue weighted by atomic mass is 9.76. The fourth-order valence-corrected chi connectivity index (χ4v) is 9.93. The van der Waals surface area contributed by atoms with Crippen molar-refractivity contribution in [1.29, 1.82) is 0 Å². The largest absolute Gasteiger partial charge is 0.468 e. The first kappa shape index (κ1) is 37.3. The minimum atomic E-state index is -4.02. The van der Waals surface area contributed by atoms with Crippen LogP contribution in [0.4, 0.5) is 0 Å². The van der Waals surface area contributed by atoms with Crippen LogP contribution in [0.5, 0.6) is 0 Å². The highest BCUT2D eigenvalue weighted by Crippen LogP contribution is 2.53. The molecule has 1 atom stereocenters. The Hall–Kier alpha value is -4.45. The third-order valence-corrected chi connectivity index (χ3v) is 17.4. The van der Waals surface area contributed by atoms with Gasteiger partial charge < -0.3 is 18.5 Å². The average Bonchev–Trinajstić information content (AvgIpc) is 3.74. The quantitative estimate of drug-likeness (QED) is 0.0809. The number of esters is 2. The Labute approximate surface area is 307 Å². The van der Waals surface area contributed by atoms with Crippen LogP contribution < -0.4 is 0 Å². The number of fused-ring (bicyclic) bond motifs is 4. The van der Waals surface area contributed by atoms with Crippen molar-refractivity contribution in [2.75, 3.05) is 20.8 Å². The maximum atomic E-state index is 14.3. The van der Waals surface area contributed by atoms with Crippen LogP contribution in [-0.4, -0.2) is 58.0 Å². The SMILES string of the molecule is COC(=O)C1(C(=O)OC)CC(C)(/C=C/c2cc3ccccc3n2S(=O)(=O)c2ccc(C)cc2)n2c1c(CCO[Si](C)(C)C(C)(C)C)c1ccccc12. The summed E-state index contributed by atoms with van der Waals surface area (Å²) in [5.74, 6) is -1.44. The van der Waals surface area contributed by atoms with Gasteiger partial charge in [-0.1, -0.05) is 80.9 Å². The number of hydrogen-bond acceptors (Lipinski definition) is 7. The molecule has 11 heteroatoms. The van der Waals surface area contributed by atoms with Crippen molar-refractivity contribution in [3.05, 3.63) is 107 Å². The molecule has 0 amide bonds. The number of ether oxygens (including phenoxy) is 2. The number of carbonyl (C=O) groups is 2. The Morgan fingerprint density at radius 3 is 2.12 bits per heavy atom. The highest BCUT2D eigenvalue weighted by molar-refractivity contribution is 7.90. The van der Waals surface area contributed by atoms with Gasteiger partial charge in [-0.2, -0.15) is 0 Å². The first-order valence-electron chi connectivity index (χ1n) is 17.5. The third kappa shape index (κ3) is 5.92. The monoisotopic (exact) mass is 740 g/mol. The molecule has 52 heavy (non-hydrogen) atoms. The number of allylic oxidation sites excluding steroid dienone is 1. The lowest BCUT2D eigenvalue weighted by molar-refractivity contribution is -0.162. The normalized spacial score (nSPS) is 17.6. The highest BCUT2D eigenvalue weighted by atomic mass is 32.2. The van der Waals surface area contributed by atoms with Crippen LogP contribution in [0, 0.1) is 6.92 Å². The molecular weight excluding hydrogens is 693 g/mol. The summed E-state index contributed by atoms with van der Waals surface area (Å²) < 4.78 is 49.4. The number of benzene rings is 3. The van der Waals surface area contributed by atoms with Crippen molar-refractivity contribution >= 4 is 58.2 Å². The summed E-state index contributed by atoms with van der Waals surface area (Å²) in [6, 6.07) is 23.8. The smallest absolute Gasteiger partial charge is 0.329 e. The van der Waals surface area contributed by atoms with Crippen LogP contribution in [0.2, 0.25) is 18.1 Å². The lowest BCUT2D eigenvalue weighted by Crippen LogP contribution is -2.45. The molecule has 0 spiro atoms. The molecule has 0 fully saturated rings. The summed E-state index contributed by atoms with van der Waals surface area (Å²) in [6.07, 6.45) is 4.11. The highest BCUT2D eigenvalue weighted by Gasteiger charge is 2.62. The van der Waals surface area contributed by atoms with Crippen molar-refractivity contribution in [1.82, 2.24) is 8.54 Å². The van der Waals surface area contributed by atoms with Gasteiger partial charge in [0.2, 0.25) is 5.41 Å². The molecular formula is C41H48N2O7SSi. The van der Waals surface area contributed by atoms with E-state index in [-0.39, 0.29) is 16.4 Å². The van der Waals surface area contributed by atoms with E-state index >= 15 is 0 Å². The van der Waals surface area contributed by atoms with Gasteiger partial charge in [0, 0.05) is 29.3 Å². The van der Waals surface area contributed by atoms with E-state index in [4.69, 9.17) is 13.9 Å². The molecule has 3 aromatic carbocycles. The van der Waals surface area contributed by atoms with Crippen LogP contribution in [0.25, 0.3) is 27.9 Å². The molecule has 5 aromatic rings. The molecule has 1 unspecified atom stereocenters. The van der Waals surface area contributed by atoms with Gasteiger partial charge in [-0.3, -0.25) is 9.59 Å². The summed E-state index contributed by atoms with van der Waals surface area (Å²) in [7, 11) is -3.58. The average molecular weight is 741 g/mol. The van der Waals surface area contributed by atoms with Crippen LogP contribution in [0.15, 0.2) is 89.8 Å². The fourth-order valence-electron chi connectivity index (χ4n) is 7.38. The van der Waals surface area contributed by atoms with Gasteiger partial charge in [-0.05, 0) is 80.4 Å². The minimum Gasteiger partial charge on any atom is -0.468 e. The van der Waals surface area contributed by atoms with Gasteiger partial charge in [0.05, 0.1) is 41.6 Å². The Morgan fingerprint density at radius 2 is 1.50 bits per heavy atom. The molecule has 1 aliphatic heterocycles. The second-order valence-corrected chi connectivity index (χ2v) is 22.1.